The van der Waals surface area contributed by atoms with Crippen molar-refractivity contribution < 1.29 is 23.8 Å². The molecule has 3 aromatic heterocycles. The number of benzene rings is 1. The van der Waals surface area contributed by atoms with Gasteiger partial charge in [-0.2, -0.15) is 10.2 Å². The molecule has 1 N–H and O–H groups in total. The van der Waals surface area contributed by atoms with E-state index in [1.807, 2.05) is 13.8 Å². The van der Waals surface area contributed by atoms with Gasteiger partial charge in [-0.1, -0.05) is 25.2 Å². The Morgan fingerprint density at radius 1 is 1.18 bits per heavy atom. The molecule has 2 atom stereocenters. The number of aliphatic hydroxyl groups excluding tert-OH is 1. The van der Waals surface area contributed by atoms with Gasteiger partial charge in [-0.25, -0.2) is 13.8 Å². The molecule has 0 fully saturated rings. The maximum Gasteiger partial charge on any atom is 0.332 e. The van der Waals surface area contributed by atoms with Crippen LogP contribution in [0.15, 0.2) is 40.2 Å². The van der Waals surface area contributed by atoms with Crippen LogP contribution in [0.5, 0.6) is 5.75 Å². The van der Waals surface area contributed by atoms with Crippen LogP contribution >= 0.6 is 11.3 Å². The van der Waals surface area contributed by atoms with Crippen molar-refractivity contribution in [2.24, 2.45) is 5.92 Å². The van der Waals surface area contributed by atoms with Crippen LogP contribution in [0, 0.1) is 18.7 Å². The number of thiophene rings is 1. The number of ether oxygens (including phenoxy) is 2. The first-order valence-electron chi connectivity index (χ1n) is 12.8. The number of carbonyl (C=O) groups excluding carboxylic acids is 1. The van der Waals surface area contributed by atoms with Crippen LogP contribution in [0.2, 0.25) is 0 Å². The Kier molecular flexibility index (Phi) is 8.96. The summed E-state index contributed by atoms with van der Waals surface area (Å²) in [6, 6.07) is 2.91. The van der Waals surface area contributed by atoms with Gasteiger partial charge in [-0.15, -0.1) is 4.80 Å². The normalized spacial score (nSPS) is 13.2. The van der Waals surface area contributed by atoms with Crippen molar-refractivity contribution in [3.8, 4) is 10.8 Å². The standard InChI is InChI=1S/C27H32FN5O6S/c1-15(2)12-20(35)17(4)32-24(36)23-16(3)25(33-29-8-9-30-33)40-26(23)31(27(32)37)14-22(39-11-10-34)19-13-18(28)6-7-21(19)38-5/h6-9,13,15,17,22,34H,10-12,14H2,1-5H3/t17-,22+/m1/s1. The number of aliphatic hydroxyl groups is 1. The van der Waals surface area contributed by atoms with Gasteiger partial charge in [0.25, 0.3) is 5.56 Å². The van der Waals surface area contributed by atoms with Gasteiger partial charge in [0.1, 0.15) is 27.5 Å². The SMILES string of the molecule is COc1ccc(F)cc1[C@H](Cn1c(=O)n([C@H](C)C(=O)CC(C)C)c(=O)c2c(C)c(-n3nccn3)sc21)OCCO. The van der Waals surface area contributed by atoms with Crippen molar-refractivity contribution in [1.82, 2.24) is 24.1 Å². The molecule has 0 saturated carbocycles. The molecule has 0 unspecified atom stereocenters. The van der Waals surface area contributed by atoms with Gasteiger partial charge in [0, 0.05) is 17.5 Å². The molecule has 13 heteroatoms. The van der Waals surface area contributed by atoms with Gasteiger partial charge in [0.15, 0.2) is 5.78 Å². The second-order valence-electron chi connectivity index (χ2n) is 9.81. The minimum atomic E-state index is -1.02. The maximum absolute atomic E-state index is 14.3. The molecule has 0 spiro atoms. The molecule has 0 bridgehead atoms. The predicted octanol–water partition coefficient (Wildman–Crippen LogP) is 3.19. The molecule has 40 heavy (non-hydrogen) atoms. The van der Waals surface area contributed by atoms with Crippen LogP contribution in [0.3, 0.4) is 0 Å². The lowest BCUT2D eigenvalue weighted by molar-refractivity contribution is -0.122. The summed E-state index contributed by atoms with van der Waals surface area (Å²) < 4.78 is 28.0. The molecule has 3 heterocycles. The third kappa shape index (κ3) is 5.62. The highest BCUT2D eigenvalue weighted by molar-refractivity contribution is 7.21. The Bertz CT molecular complexity index is 1630. The molecule has 0 aliphatic heterocycles. The lowest BCUT2D eigenvalue weighted by atomic mass is 10.0. The molecular weight excluding hydrogens is 541 g/mol. The van der Waals surface area contributed by atoms with Crippen molar-refractivity contribution in [1.29, 1.82) is 0 Å². The summed E-state index contributed by atoms with van der Waals surface area (Å²) in [6.07, 6.45) is 2.24. The van der Waals surface area contributed by atoms with Crippen LogP contribution in [0.1, 0.15) is 50.5 Å². The van der Waals surface area contributed by atoms with Gasteiger partial charge in [-0.05, 0) is 38.0 Å². The summed E-state index contributed by atoms with van der Waals surface area (Å²) in [7, 11) is 1.43. The first-order chi connectivity index (χ1) is 19.1. The predicted molar refractivity (Wildman–Crippen MR) is 148 cm³/mol. The first-order valence-corrected chi connectivity index (χ1v) is 13.6. The van der Waals surface area contributed by atoms with E-state index < -0.39 is 29.2 Å². The third-order valence-corrected chi connectivity index (χ3v) is 7.86. The van der Waals surface area contributed by atoms with E-state index in [2.05, 4.69) is 10.2 Å². The fourth-order valence-electron chi connectivity index (χ4n) is 4.64. The van der Waals surface area contributed by atoms with E-state index in [4.69, 9.17) is 9.47 Å². The van der Waals surface area contributed by atoms with Crippen molar-refractivity contribution in [2.75, 3.05) is 20.3 Å². The van der Waals surface area contributed by atoms with E-state index in [0.29, 0.717) is 26.7 Å². The number of carbonyl (C=O) groups is 1. The van der Waals surface area contributed by atoms with E-state index in [1.54, 1.807) is 6.92 Å². The summed E-state index contributed by atoms with van der Waals surface area (Å²) in [6.45, 7) is 6.47. The average molecular weight is 574 g/mol. The Hall–Kier alpha value is -3.68. The van der Waals surface area contributed by atoms with Gasteiger partial charge in [-0.3, -0.25) is 14.2 Å². The summed E-state index contributed by atoms with van der Waals surface area (Å²) in [4.78, 5) is 42.6. The van der Waals surface area contributed by atoms with Crippen LogP contribution in [-0.4, -0.2) is 55.3 Å². The minimum Gasteiger partial charge on any atom is -0.496 e. The van der Waals surface area contributed by atoms with Crippen LogP contribution < -0.4 is 16.0 Å². The lowest BCUT2D eigenvalue weighted by Crippen LogP contribution is -2.44. The van der Waals surface area contributed by atoms with Crippen LogP contribution in [0.4, 0.5) is 4.39 Å². The minimum absolute atomic E-state index is 0.0358. The molecule has 0 aliphatic carbocycles. The fraction of sp³-hybridized carbons (Fsp3) is 0.444. The molecule has 0 amide bonds. The molecule has 0 aliphatic rings. The van der Waals surface area contributed by atoms with Gasteiger partial charge >= 0.3 is 5.69 Å². The highest BCUT2D eigenvalue weighted by Gasteiger charge is 2.29. The molecule has 11 nitrogen and oxygen atoms in total. The zero-order valence-corrected chi connectivity index (χ0v) is 23.8. The quantitative estimate of drug-likeness (QED) is 0.274. The summed E-state index contributed by atoms with van der Waals surface area (Å²) in [5.74, 6) is -0.426. The van der Waals surface area contributed by atoms with Crippen LogP contribution in [-0.2, 0) is 16.1 Å². The number of aromatic nitrogens is 5. The van der Waals surface area contributed by atoms with E-state index in [1.165, 1.54) is 54.0 Å². The Labute approximate surface area is 233 Å². The molecule has 1 aromatic carbocycles. The van der Waals surface area contributed by atoms with Crippen molar-refractivity contribution >= 4 is 27.3 Å². The number of ketones is 1. The fourth-order valence-corrected chi connectivity index (χ4v) is 5.86. The maximum atomic E-state index is 14.3. The van der Waals surface area contributed by atoms with E-state index in [9.17, 15) is 23.9 Å². The zero-order chi connectivity index (χ0) is 29.1. The second kappa shape index (κ2) is 12.2. The van der Waals surface area contributed by atoms with Crippen molar-refractivity contribution in [2.45, 2.75) is 52.8 Å². The van der Waals surface area contributed by atoms with Crippen LogP contribution in [0.25, 0.3) is 15.2 Å². The Morgan fingerprint density at radius 2 is 1.88 bits per heavy atom. The largest absolute Gasteiger partial charge is 0.496 e. The highest BCUT2D eigenvalue weighted by Crippen LogP contribution is 2.34. The summed E-state index contributed by atoms with van der Waals surface area (Å²) in [5, 5.41) is 18.6. The monoisotopic (exact) mass is 573 g/mol. The van der Waals surface area contributed by atoms with Crippen molar-refractivity contribution in [3.63, 3.8) is 0 Å². The number of Topliss-reactive ketones (excluding diaryl/α,β-unsaturated/α-hetero) is 1. The van der Waals surface area contributed by atoms with Gasteiger partial charge < -0.3 is 14.6 Å². The summed E-state index contributed by atoms with van der Waals surface area (Å²) in [5.41, 5.74) is -0.441. The number of hydrogen-bond acceptors (Lipinski definition) is 9. The topological polar surface area (TPSA) is 130 Å². The molecule has 0 radical (unpaired) electrons. The number of aryl methyl sites for hydroxylation is 1. The number of methoxy groups -OCH3 is 1. The molecule has 0 saturated heterocycles. The summed E-state index contributed by atoms with van der Waals surface area (Å²) >= 11 is 1.14. The molecule has 214 valence electrons. The number of fused-ring (bicyclic) bond motifs is 1. The number of nitrogens with zero attached hydrogens (tertiary/aromatic N) is 5. The smallest absolute Gasteiger partial charge is 0.332 e. The van der Waals surface area contributed by atoms with Crippen molar-refractivity contribution in [3.05, 3.63) is 68.4 Å². The molecule has 4 rings (SSSR count). The van der Waals surface area contributed by atoms with E-state index in [-0.39, 0.29) is 43.3 Å². The molecule has 4 aromatic rings. The number of hydrogen-bond donors (Lipinski definition) is 1. The van der Waals surface area contributed by atoms with Gasteiger partial charge in [0.05, 0.1) is 50.7 Å². The third-order valence-electron chi connectivity index (χ3n) is 6.58. The lowest BCUT2D eigenvalue weighted by Gasteiger charge is -2.23. The number of halogens is 1. The van der Waals surface area contributed by atoms with E-state index >= 15 is 0 Å². The average Bonchev–Trinajstić information content (AvgIpc) is 3.56. The van der Waals surface area contributed by atoms with Gasteiger partial charge in [0.2, 0.25) is 0 Å². The Morgan fingerprint density at radius 3 is 2.50 bits per heavy atom. The second-order valence-corrected chi connectivity index (χ2v) is 10.8. The molecular formula is C27H32FN5O6S. The number of rotatable bonds is 12. The Balaban J connectivity index is 1.99. The first kappa shape index (κ1) is 29.3. The zero-order valence-electron chi connectivity index (χ0n) is 23.0. The highest BCUT2D eigenvalue weighted by atomic mass is 32.1. The van der Waals surface area contributed by atoms with E-state index in [0.717, 1.165) is 15.9 Å².